The van der Waals surface area contributed by atoms with Gasteiger partial charge in [-0.05, 0) is 54.9 Å². The lowest BCUT2D eigenvalue weighted by Crippen LogP contribution is -2.28. The van der Waals surface area contributed by atoms with Gasteiger partial charge < -0.3 is 0 Å². The van der Waals surface area contributed by atoms with Crippen LogP contribution in [0.1, 0.15) is 16.7 Å². The number of nitrogens with zero attached hydrogens (tertiary/aromatic N) is 1. The molecule has 116 valence electrons. The first kappa shape index (κ1) is 15.8. The molecule has 1 fully saturated rings. The second-order valence-corrected chi connectivity index (χ2v) is 6.73. The average Bonchev–Trinajstić information content (AvgIpc) is 2.77. The summed E-state index contributed by atoms with van der Waals surface area (Å²) in [6.07, 6.45) is 1.66. The zero-order valence-corrected chi connectivity index (χ0v) is 14.2. The lowest BCUT2D eigenvalue weighted by atomic mass is 10.1. The molecule has 2 aromatic rings. The number of hydrogen-bond donors (Lipinski definition) is 0. The molecule has 0 aromatic heterocycles. The summed E-state index contributed by atoms with van der Waals surface area (Å²) in [5, 5.41) is 0.256. The van der Waals surface area contributed by atoms with Crippen molar-refractivity contribution in [3.8, 4) is 0 Å². The van der Waals surface area contributed by atoms with Crippen molar-refractivity contribution in [1.29, 1.82) is 0 Å². The maximum Gasteiger partial charge on any atom is 0.298 e. The fraction of sp³-hybridized carbons (Fsp3) is 0.111. The zero-order chi connectivity index (χ0) is 16.6. The number of hydrogen-bond acceptors (Lipinski definition) is 3. The number of benzene rings is 2. The summed E-state index contributed by atoms with van der Waals surface area (Å²) in [6.45, 7) is 3.87. The number of anilines is 1. The summed E-state index contributed by atoms with van der Waals surface area (Å²) in [5.41, 5.74) is 3.33. The second-order valence-electron chi connectivity index (χ2n) is 5.33. The summed E-state index contributed by atoms with van der Waals surface area (Å²) in [6, 6.07) is 12.9. The summed E-state index contributed by atoms with van der Waals surface area (Å²) in [5.74, 6) is -0.313. The summed E-state index contributed by atoms with van der Waals surface area (Å²) in [4.78, 5) is 26.5. The number of imide groups is 1. The topological polar surface area (TPSA) is 37.4 Å². The van der Waals surface area contributed by atoms with E-state index in [1.165, 1.54) is 4.90 Å². The minimum Gasteiger partial charge on any atom is -0.268 e. The minimum atomic E-state index is -0.313. The van der Waals surface area contributed by atoms with Crippen molar-refractivity contribution in [1.82, 2.24) is 0 Å². The molecule has 0 bridgehead atoms. The molecule has 0 aliphatic carbocycles. The first-order valence-electron chi connectivity index (χ1n) is 7.07. The number of thioether (sulfide) groups is 1. The summed E-state index contributed by atoms with van der Waals surface area (Å²) in [7, 11) is 0. The monoisotopic (exact) mass is 343 g/mol. The normalized spacial score (nSPS) is 16.5. The van der Waals surface area contributed by atoms with E-state index in [2.05, 4.69) is 0 Å². The predicted molar refractivity (Wildman–Crippen MR) is 95.8 cm³/mol. The molecule has 23 heavy (non-hydrogen) atoms. The molecule has 2 aromatic carbocycles. The first-order valence-corrected chi connectivity index (χ1v) is 8.26. The van der Waals surface area contributed by atoms with E-state index < -0.39 is 0 Å². The Kier molecular flexibility index (Phi) is 4.28. The van der Waals surface area contributed by atoms with Crippen LogP contribution in [0.3, 0.4) is 0 Å². The molecule has 0 unspecified atom stereocenters. The largest absolute Gasteiger partial charge is 0.298 e. The van der Waals surface area contributed by atoms with E-state index in [9.17, 15) is 9.59 Å². The van der Waals surface area contributed by atoms with Crippen LogP contribution >= 0.6 is 23.4 Å². The molecule has 0 radical (unpaired) electrons. The maximum absolute atomic E-state index is 12.6. The van der Waals surface area contributed by atoms with E-state index in [-0.39, 0.29) is 11.1 Å². The van der Waals surface area contributed by atoms with Crippen LogP contribution in [0.15, 0.2) is 47.4 Å². The Bertz CT molecular complexity index is 845. The SMILES string of the molecule is Cc1ccc(N2C(=O)S/C(=C\c3ccccc3Cl)C2=O)c(C)c1. The summed E-state index contributed by atoms with van der Waals surface area (Å²) < 4.78 is 0. The minimum absolute atomic E-state index is 0.291. The van der Waals surface area contributed by atoms with Gasteiger partial charge in [-0.25, -0.2) is 4.90 Å². The summed E-state index contributed by atoms with van der Waals surface area (Å²) >= 11 is 7.05. The van der Waals surface area contributed by atoms with Gasteiger partial charge in [-0.15, -0.1) is 0 Å². The Balaban J connectivity index is 1.99. The molecule has 0 spiro atoms. The number of rotatable bonds is 2. The number of amides is 2. The Hall–Kier alpha value is -2.04. The molecule has 0 N–H and O–H groups in total. The van der Waals surface area contributed by atoms with Gasteiger partial charge in [-0.2, -0.15) is 0 Å². The lowest BCUT2D eigenvalue weighted by Gasteiger charge is -2.15. The van der Waals surface area contributed by atoms with E-state index in [1.54, 1.807) is 18.2 Å². The molecule has 5 heteroatoms. The van der Waals surface area contributed by atoms with E-state index in [0.29, 0.717) is 15.6 Å². The van der Waals surface area contributed by atoms with Gasteiger partial charge in [0.1, 0.15) is 0 Å². The highest BCUT2D eigenvalue weighted by molar-refractivity contribution is 8.19. The zero-order valence-electron chi connectivity index (χ0n) is 12.7. The number of aryl methyl sites for hydroxylation is 2. The van der Waals surface area contributed by atoms with Crippen molar-refractivity contribution in [3.05, 3.63) is 69.1 Å². The molecule has 1 aliphatic rings. The average molecular weight is 344 g/mol. The molecular formula is C18H14ClNO2S. The van der Waals surface area contributed by atoms with Crippen LogP contribution < -0.4 is 4.90 Å². The molecule has 1 aliphatic heterocycles. The Morgan fingerprint density at radius 3 is 2.52 bits per heavy atom. The highest BCUT2D eigenvalue weighted by Gasteiger charge is 2.37. The van der Waals surface area contributed by atoms with Gasteiger partial charge in [-0.1, -0.05) is 47.5 Å². The highest BCUT2D eigenvalue weighted by atomic mass is 35.5. The van der Waals surface area contributed by atoms with Gasteiger partial charge in [0.2, 0.25) is 0 Å². The van der Waals surface area contributed by atoms with E-state index in [0.717, 1.165) is 28.5 Å². The van der Waals surface area contributed by atoms with Crippen molar-refractivity contribution < 1.29 is 9.59 Å². The van der Waals surface area contributed by atoms with Crippen LogP contribution in [0.5, 0.6) is 0 Å². The molecule has 1 heterocycles. The predicted octanol–water partition coefficient (Wildman–Crippen LogP) is 5.20. The van der Waals surface area contributed by atoms with Crippen LogP contribution in [0.25, 0.3) is 6.08 Å². The lowest BCUT2D eigenvalue weighted by molar-refractivity contribution is -0.113. The van der Waals surface area contributed by atoms with Gasteiger partial charge >= 0.3 is 0 Å². The van der Waals surface area contributed by atoms with E-state index >= 15 is 0 Å². The molecule has 3 rings (SSSR count). The van der Waals surface area contributed by atoms with Crippen LogP contribution in [-0.2, 0) is 4.79 Å². The number of halogens is 1. The fourth-order valence-corrected chi connectivity index (χ4v) is 3.48. The maximum atomic E-state index is 12.6. The molecule has 1 saturated heterocycles. The standard InChI is InChI=1S/C18H14ClNO2S/c1-11-7-8-15(12(2)9-11)20-17(21)16(23-18(20)22)10-13-5-3-4-6-14(13)19/h3-10H,1-2H3/b16-10-. The Labute approximate surface area is 143 Å². The van der Waals surface area contributed by atoms with Gasteiger partial charge in [0.15, 0.2) is 0 Å². The van der Waals surface area contributed by atoms with Gasteiger partial charge in [0.05, 0.1) is 10.6 Å². The number of carbonyl (C=O) groups excluding carboxylic acids is 2. The third-order valence-corrected chi connectivity index (χ3v) is 4.79. The molecule has 3 nitrogen and oxygen atoms in total. The van der Waals surface area contributed by atoms with Gasteiger partial charge in [-0.3, -0.25) is 9.59 Å². The highest BCUT2D eigenvalue weighted by Crippen LogP contribution is 2.37. The molecule has 2 amide bonds. The first-order chi connectivity index (χ1) is 11.0. The van der Waals surface area contributed by atoms with Crippen molar-refractivity contribution in [2.45, 2.75) is 13.8 Å². The Morgan fingerprint density at radius 2 is 1.83 bits per heavy atom. The fourth-order valence-electron chi connectivity index (χ4n) is 2.47. The van der Waals surface area contributed by atoms with Crippen LogP contribution in [0.4, 0.5) is 10.5 Å². The Morgan fingerprint density at radius 1 is 1.09 bits per heavy atom. The van der Waals surface area contributed by atoms with Crippen molar-refractivity contribution in [2.24, 2.45) is 0 Å². The van der Waals surface area contributed by atoms with Crippen molar-refractivity contribution in [3.63, 3.8) is 0 Å². The van der Waals surface area contributed by atoms with E-state index in [4.69, 9.17) is 11.6 Å². The van der Waals surface area contributed by atoms with Crippen LogP contribution in [0.2, 0.25) is 5.02 Å². The number of carbonyl (C=O) groups is 2. The van der Waals surface area contributed by atoms with Crippen molar-refractivity contribution in [2.75, 3.05) is 4.90 Å². The third kappa shape index (κ3) is 3.05. The second kappa shape index (κ2) is 6.22. The quantitative estimate of drug-likeness (QED) is 0.703. The van der Waals surface area contributed by atoms with Crippen LogP contribution in [0, 0.1) is 13.8 Å². The smallest absolute Gasteiger partial charge is 0.268 e. The third-order valence-electron chi connectivity index (χ3n) is 3.58. The van der Waals surface area contributed by atoms with Gasteiger partial charge in [0.25, 0.3) is 11.1 Å². The van der Waals surface area contributed by atoms with Crippen LogP contribution in [-0.4, -0.2) is 11.1 Å². The van der Waals surface area contributed by atoms with Gasteiger partial charge in [0, 0.05) is 5.02 Å². The molecule has 0 saturated carbocycles. The molecular weight excluding hydrogens is 330 g/mol. The van der Waals surface area contributed by atoms with Crippen molar-refractivity contribution >= 4 is 46.3 Å². The molecule has 0 atom stereocenters. The van der Waals surface area contributed by atoms with E-state index in [1.807, 2.05) is 44.2 Å².